The van der Waals surface area contributed by atoms with E-state index in [1.807, 2.05) is 25.1 Å². The number of benzene rings is 1. The Morgan fingerprint density at radius 1 is 1.41 bits per heavy atom. The Kier molecular flexibility index (Phi) is 5.49. The van der Waals surface area contributed by atoms with Crippen molar-refractivity contribution in [2.45, 2.75) is 26.3 Å². The maximum atomic E-state index is 10.9. The van der Waals surface area contributed by atoms with Crippen LogP contribution in [0.2, 0.25) is 0 Å². The van der Waals surface area contributed by atoms with Crippen LogP contribution in [0.15, 0.2) is 18.2 Å². The molecule has 0 atom stereocenters. The van der Waals surface area contributed by atoms with Crippen LogP contribution in [0.25, 0.3) is 0 Å². The molecule has 17 heavy (non-hydrogen) atoms. The van der Waals surface area contributed by atoms with Crippen LogP contribution >= 0.6 is 0 Å². The zero-order valence-electron chi connectivity index (χ0n) is 10.4. The maximum absolute atomic E-state index is 10.9. The molecule has 0 aliphatic carbocycles. The fourth-order valence-electron chi connectivity index (χ4n) is 1.51. The van der Waals surface area contributed by atoms with E-state index < -0.39 is 0 Å². The number of hydrogen-bond acceptors (Lipinski definition) is 4. The van der Waals surface area contributed by atoms with Crippen LogP contribution in [0.1, 0.15) is 24.0 Å². The molecule has 0 heterocycles. The lowest BCUT2D eigenvalue weighted by Gasteiger charge is -2.10. The molecule has 94 valence electrons. The SMILES string of the molecule is COC(=O)CCCOc1ccc(C)cc1CN. The summed E-state index contributed by atoms with van der Waals surface area (Å²) >= 11 is 0. The minimum absolute atomic E-state index is 0.212. The maximum Gasteiger partial charge on any atom is 0.305 e. The summed E-state index contributed by atoms with van der Waals surface area (Å²) < 4.78 is 10.1. The van der Waals surface area contributed by atoms with Gasteiger partial charge in [-0.2, -0.15) is 0 Å². The number of carbonyl (C=O) groups excluding carboxylic acids is 1. The Morgan fingerprint density at radius 3 is 2.82 bits per heavy atom. The van der Waals surface area contributed by atoms with Gasteiger partial charge in [0.2, 0.25) is 0 Å². The van der Waals surface area contributed by atoms with Crippen molar-refractivity contribution < 1.29 is 14.3 Å². The molecule has 0 aliphatic rings. The second-order valence-corrected chi connectivity index (χ2v) is 3.84. The van der Waals surface area contributed by atoms with E-state index in [0.29, 0.717) is 26.0 Å². The predicted octanol–water partition coefficient (Wildman–Crippen LogP) is 1.79. The van der Waals surface area contributed by atoms with Crippen molar-refractivity contribution in [2.75, 3.05) is 13.7 Å². The van der Waals surface area contributed by atoms with Crippen molar-refractivity contribution in [2.24, 2.45) is 5.73 Å². The molecular formula is C13H19NO3. The number of hydrogen-bond donors (Lipinski definition) is 1. The summed E-state index contributed by atoms with van der Waals surface area (Å²) in [7, 11) is 1.38. The normalized spacial score (nSPS) is 10.1. The minimum atomic E-state index is -0.212. The first-order valence-corrected chi connectivity index (χ1v) is 5.66. The third-order valence-corrected chi connectivity index (χ3v) is 2.45. The number of aryl methyl sites for hydroxylation is 1. The molecule has 1 aromatic rings. The molecule has 2 N–H and O–H groups in total. The molecule has 0 unspecified atom stereocenters. The molecule has 0 aromatic heterocycles. The van der Waals surface area contributed by atoms with Crippen molar-refractivity contribution in [3.8, 4) is 5.75 Å². The molecule has 0 spiro atoms. The highest BCUT2D eigenvalue weighted by Crippen LogP contribution is 2.19. The lowest BCUT2D eigenvalue weighted by Crippen LogP contribution is -2.07. The molecule has 0 fully saturated rings. The Hall–Kier alpha value is -1.55. The third kappa shape index (κ3) is 4.44. The Bertz CT molecular complexity index is 377. The van der Waals surface area contributed by atoms with E-state index in [0.717, 1.165) is 16.9 Å². The van der Waals surface area contributed by atoms with E-state index in [1.165, 1.54) is 7.11 Å². The zero-order valence-corrected chi connectivity index (χ0v) is 10.4. The number of ether oxygens (including phenoxy) is 2. The standard InChI is InChI=1S/C13H19NO3/c1-10-5-6-12(11(8-10)9-14)17-7-3-4-13(15)16-2/h5-6,8H,3-4,7,9,14H2,1-2H3. The van der Waals surface area contributed by atoms with Crippen LogP contribution in [-0.4, -0.2) is 19.7 Å². The van der Waals surface area contributed by atoms with Crippen LogP contribution in [0.3, 0.4) is 0 Å². The topological polar surface area (TPSA) is 61.5 Å². The number of methoxy groups -OCH3 is 1. The first-order valence-electron chi connectivity index (χ1n) is 5.66. The summed E-state index contributed by atoms with van der Waals surface area (Å²) in [6, 6.07) is 5.90. The molecule has 0 aliphatic heterocycles. The molecule has 0 amide bonds. The van der Waals surface area contributed by atoms with Gasteiger partial charge in [-0.15, -0.1) is 0 Å². The molecule has 0 saturated heterocycles. The smallest absolute Gasteiger partial charge is 0.305 e. The van der Waals surface area contributed by atoms with Crippen molar-refractivity contribution >= 4 is 5.97 Å². The zero-order chi connectivity index (χ0) is 12.7. The van der Waals surface area contributed by atoms with Gasteiger partial charge in [0.1, 0.15) is 5.75 Å². The van der Waals surface area contributed by atoms with E-state index in [9.17, 15) is 4.79 Å². The van der Waals surface area contributed by atoms with Gasteiger partial charge < -0.3 is 15.2 Å². The van der Waals surface area contributed by atoms with Gasteiger partial charge in [0.15, 0.2) is 0 Å². The second-order valence-electron chi connectivity index (χ2n) is 3.84. The summed E-state index contributed by atoms with van der Waals surface area (Å²) in [5, 5.41) is 0. The molecule has 1 rings (SSSR count). The highest BCUT2D eigenvalue weighted by Gasteiger charge is 2.04. The van der Waals surface area contributed by atoms with Crippen LogP contribution in [0.5, 0.6) is 5.75 Å². The quantitative estimate of drug-likeness (QED) is 0.605. The first-order chi connectivity index (χ1) is 8.17. The van der Waals surface area contributed by atoms with E-state index in [-0.39, 0.29) is 5.97 Å². The minimum Gasteiger partial charge on any atom is -0.493 e. The Labute approximate surface area is 102 Å². The van der Waals surface area contributed by atoms with Crippen molar-refractivity contribution in [1.82, 2.24) is 0 Å². The summed E-state index contributed by atoms with van der Waals surface area (Å²) in [6.07, 6.45) is 1.02. The molecule has 1 aromatic carbocycles. The van der Waals surface area contributed by atoms with Gasteiger partial charge in [0.05, 0.1) is 13.7 Å². The van der Waals surface area contributed by atoms with Crippen LogP contribution in [0.4, 0.5) is 0 Å². The second kappa shape index (κ2) is 6.91. The lowest BCUT2D eigenvalue weighted by molar-refractivity contribution is -0.140. The fourth-order valence-corrected chi connectivity index (χ4v) is 1.51. The number of rotatable bonds is 6. The Morgan fingerprint density at radius 2 is 2.18 bits per heavy atom. The molecular weight excluding hydrogens is 218 g/mol. The monoisotopic (exact) mass is 237 g/mol. The Balaban J connectivity index is 2.43. The average Bonchev–Trinajstić information content (AvgIpc) is 2.35. The van der Waals surface area contributed by atoms with Gasteiger partial charge in [0.25, 0.3) is 0 Å². The van der Waals surface area contributed by atoms with E-state index in [2.05, 4.69) is 4.74 Å². The van der Waals surface area contributed by atoms with Gasteiger partial charge in [-0.05, 0) is 19.4 Å². The van der Waals surface area contributed by atoms with E-state index in [1.54, 1.807) is 0 Å². The fraction of sp³-hybridized carbons (Fsp3) is 0.462. The molecule has 0 radical (unpaired) electrons. The number of esters is 1. The molecule has 0 saturated carbocycles. The van der Waals surface area contributed by atoms with Gasteiger partial charge >= 0.3 is 5.97 Å². The summed E-state index contributed by atoms with van der Waals surface area (Å²) in [5.41, 5.74) is 7.79. The number of carbonyl (C=O) groups is 1. The lowest BCUT2D eigenvalue weighted by atomic mass is 10.1. The summed E-state index contributed by atoms with van der Waals surface area (Å²) in [5.74, 6) is 0.583. The van der Waals surface area contributed by atoms with Crippen LogP contribution in [0, 0.1) is 6.92 Å². The van der Waals surface area contributed by atoms with Gasteiger partial charge in [-0.25, -0.2) is 0 Å². The van der Waals surface area contributed by atoms with Crippen LogP contribution < -0.4 is 10.5 Å². The molecule has 4 nitrogen and oxygen atoms in total. The highest BCUT2D eigenvalue weighted by molar-refractivity contribution is 5.69. The van der Waals surface area contributed by atoms with Crippen molar-refractivity contribution in [1.29, 1.82) is 0 Å². The van der Waals surface area contributed by atoms with Gasteiger partial charge in [-0.3, -0.25) is 4.79 Å². The van der Waals surface area contributed by atoms with E-state index >= 15 is 0 Å². The van der Waals surface area contributed by atoms with Gasteiger partial charge in [0, 0.05) is 18.5 Å². The highest BCUT2D eigenvalue weighted by atomic mass is 16.5. The molecule has 4 heteroatoms. The number of nitrogens with two attached hydrogens (primary N) is 1. The predicted molar refractivity (Wildman–Crippen MR) is 65.8 cm³/mol. The summed E-state index contributed by atoms with van der Waals surface area (Å²) in [6.45, 7) is 2.96. The van der Waals surface area contributed by atoms with Gasteiger partial charge in [-0.1, -0.05) is 17.7 Å². The average molecular weight is 237 g/mol. The van der Waals surface area contributed by atoms with Crippen molar-refractivity contribution in [3.05, 3.63) is 29.3 Å². The first kappa shape index (κ1) is 13.5. The summed E-state index contributed by atoms with van der Waals surface area (Å²) in [4.78, 5) is 10.9. The molecule has 0 bridgehead atoms. The van der Waals surface area contributed by atoms with Crippen molar-refractivity contribution in [3.63, 3.8) is 0 Å². The third-order valence-electron chi connectivity index (χ3n) is 2.45. The largest absolute Gasteiger partial charge is 0.493 e. The van der Waals surface area contributed by atoms with E-state index in [4.69, 9.17) is 10.5 Å². The van der Waals surface area contributed by atoms with Crippen LogP contribution in [-0.2, 0) is 16.1 Å².